The first kappa shape index (κ1) is 32.0. The number of nitro groups is 1. The number of carbonyl (C=O) groups is 1. The van der Waals surface area contributed by atoms with Gasteiger partial charge in [-0.1, -0.05) is 58.8 Å². The van der Waals surface area contributed by atoms with Crippen molar-refractivity contribution in [1.82, 2.24) is 4.57 Å². The predicted octanol–water partition coefficient (Wildman–Crippen LogP) is 5.91. The van der Waals surface area contributed by atoms with Gasteiger partial charge in [0, 0.05) is 16.7 Å². The number of rotatable bonds is 9. The van der Waals surface area contributed by atoms with Crippen LogP contribution < -0.4 is 24.4 Å². The molecule has 0 radical (unpaired) electrons. The molecule has 0 aliphatic carbocycles. The number of hydrogen-bond donors (Lipinski definition) is 0. The van der Waals surface area contributed by atoms with Crippen molar-refractivity contribution in [1.29, 1.82) is 0 Å². The number of thiazole rings is 1. The van der Waals surface area contributed by atoms with Gasteiger partial charge < -0.3 is 14.2 Å². The molecule has 0 N–H and O–H groups in total. The summed E-state index contributed by atoms with van der Waals surface area (Å²) < 4.78 is 18.5. The van der Waals surface area contributed by atoms with E-state index >= 15 is 0 Å². The van der Waals surface area contributed by atoms with Gasteiger partial charge in [-0.3, -0.25) is 19.5 Å². The van der Waals surface area contributed by atoms with Gasteiger partial charge in [0.2, 0.25) is 0 Å². The van der Waals surface area contributed by atoms with Crippen LogP contribution in [0.3, 0.4) is 0 Å². The molecule has 0 spiro atoms. The Labute approximate surface area is 271 Å². The number of hydrogen-bond acceptors (Lipinski definition) is 9. The number of esters is 1. The number of carbonyl (C=O) groups excluding carboxylic acids is 1. The van der Waals surface area contributed by atoms with Gasteiger partial charge in [-0.05, 0) is 67.8 Å². The zero-order valence-electron chi connectivity index (χ0n) is 24.6. The molecule has 1 atom stereocenters. The Morgan fingerprint density at radius 3 is 2.53 bits per heavy atom. The molecular formula is C32H27Cl2N3O7S. The van der Waals surface area contributed by atoms with Crippen molar-refractivity contribution >= 4 is 52.3 Å². The fourth-order valence-corrected chi connectivity index (χ4v) is 6.40. The first-order chi connectivity index (χ1) is 21.5. The van der Waals surface area contributed by atoms with Gasteiger partial charge in [0.15, 0.2) is 16.3 Å². The molecule has 0 bridgehead atoms. The van der Waals surface area contributed by atoms with E-state index in [1.165, 1.54) is 17.7 Å². The summed E-state index contributed by atoms with van der Waals surface area (Å²) in [4.78, 5) is 43.3. The molecule has 0 unspecified atom stereocenters. The van der Waals surface area contributed by atoms with Crippen molar-refractivity contribution < 1.29 is 23.9 Å². The Hall–Kier alpha value is -4.45. The molecule has 2 heterocycles. The number of aryl methyl sites for hydroxylation is 1. The Bertz CT molecular complexity index is 2030. The molecule has 3 aromatic carbocycles. The molecule has 10 nitrogen and oxygen atoms in total. The fraction of sp³-hybridized carbons (Fsp3) is 0.219. The van der Waals surface area contributed by atoms with Gasteiger partial charge in [0.05, 0.1) is 45.5 Å². The molecule has 1 aliphatic heterocycles. The minimum atomic E-state index is -0.997. The van der Waals surface area contributed by atoms with Crippen molar-refractivity contribution in [3.63, 3.8) is 0 Å². The fourth-order valence-electron chi connectivity index (χ4n) is 4.95. The number of fused-ring (bicyclic) bond motifs is 1. The summed E-state index contributed by atoms with van der Waals surface area (Å²) >= 11 is 13.7. The number of aromatic nitrogens is 1. The molecule has 232 valence electrons. The molecule has 1 aromatic heterocycles. The lowest BCUT2D eigenvalue weighted by molar-refractivity contribution is -0.385. The van der Waals surface area contributed by atoms with Crippen LogP contribution in [0.15, 0.2) is 75.7 Å². The SMILES string of the molecule is CCOC(=O)C1=C(C)N=c2s/c(=C/c3cc(Cl)c(OCc4ccc(Cl)cc4)c(OC)c3)c(=O)n2[C@@H]1c1ccc(C)c([N+](=O)[O-])c1. The standard InChI is InChI=1S/C32H27Cl2N3O7S/c1-5-43-31(39)27-18(3)35-32-36(28(27)21-9-6-17(2)24(15-21)37(40)41)30(38)26(45-32)14-20-12-23(34)29(25(13-20)42-4)44-16-19-7-10-22(33)11-8-19/h6-15,28H,5,16H2,1-4H3/b26-14+/t28-/m1/s1. The van der Waals surface area contributed by atoms with Crippen LogP contribution in [0.4, 0.5) is 5.69 Å². The van der Waals surface area contributed by atoms with E-state index in [0.717, 1.165) is 16.9 Å². The number of halogens is 2. The highest BCUT2D eigenvalue weighted by molar-refractivity contribution is 7.07. The maximum Gasteiger partial charge on any atom is 0.338 e. The van der Waals surface area contributed by atoms with Crippen molar-refractivity contribution in [3.05, 3.63) is 128 Å². The molecule has 5 rings (SSSR count). The summed E-state index contributed by atoms with van der Waals surface area (Å²) in [7, 11) is 1.49. The van der Waals surface area contributed by atoms with Gasteiger partial charge in [-0.2, -0.15) is 0 Å². The third-order valence-corrected chi connectivity index (χ3v) is 8.62. The smallest absolute Gasteiger partial charge is 0.338 e. The van der Waals surface area contributed by atoms with Crippen molar-refractivity contribution in [2.75, 3.05) is 13.7 Å². The maximum absolute atomic E-state index is 14.0. The first-order valence-electron chi connectivity index (χ1n) is 13.7. The summed E-state index contributed by atoms with van der Waals surface area (Å²) in [5.41, 5.74) is 2.16. The average molecular weight is 669 g/mol. The van der Waals surface area contributed by atoms with Crippen LogP contribution in [0, 0.1) is 17.0 Å². The minimum absolute atomic E-state index is 0.100. The quantitative estimate of drug-likeness (QED) is 0.124. The average Bonchev–Trinajstić information content (AvgIpc) is 3.30. The highest BCUT2D eigenvalue weighted by atomic mass is 35.5. The normalized spacial score (nSPS) is 14.5. The topological polar surface area (TPSA) is 122 Å². The number of methoxy groups -OCH3 is 1. The van der Waals surface area contributed by atoms with Crippen molar-refractivity contribution in [2.24, 2.45) is 4.99 Å². The highest BCUT2D eigenvalue weighted by Crippen LogP contribution is 2.37. The van der Waals surface area contributed by atoms with Crippen LogP contribution in [-0.2, 0) is 16.1 Å². The molecule has 0 amide bonds. The molecule has 0 fully saturated rings. The largest absolute Gasteiger partial charge is 0.493 e. The van der Waals surface area contributed by atoms with Gasteiger partial charge in [-0.15, -0.1) is 0 Å². The van der Waals surface area contributed by atoms with Gasteiger partial charge >= 0.3 is 5.97 Å². The molecule has 0 saturated heterocycles. The first-order valence-corrected chi connectivity index (χ1v) is 15.3. The number of nitro benzene ring substituents is 1. The van der Waals surface area contributed by atoms with E-state index in [1.54, 1.807) is 63.2 Å². The van der Waals surface area contributed by atoms with Crippen LogP contribution in [0.2, 0.25) is 10.0 Å². The molecular weight excluding hydrogens is 641 g/mol. The van der Waals surface area contributed by atoms with Crippen molar-refractivity contribution in [3.8, 4) is 11.5 Å². The summed E-state index contributed by atoms with van der Waals surface area (Å²) in [6.45, 7) is 5.26. The Morgan fingerprint density at radius 1 is 1.13 bits per heavy atom. The van der Waals surface area contributed by atoms with E-state index in [1.807, 2.05) is 12.1 Å². The third-order valence-electron chi connectivity index (χ3n) is 7.11. The Kier molecular flexibility index (Phi) is 9.42. The van der Waals surface area contributed by atoms with E-state index in [0.29, 0.717) is 48.2 Å². The monoisotopic (exact) mass is 667 g/mol. The maximum atomic E-state index is 14.0. The summed E-state index contributed by atoms with van der Waals surface area (Å²) in [5.74, 6) is 0.0381. The summed E-state index contributed by atoms with van der Waals surface area (Å²) in [6.07, 6.45) is 1.64. The highest BCUT2D eigenvalue weighted by Gasteiger charge is 2.34. The second-order valence-electron chi connectivity index (χ2n) is 10.1. The number of benzene rings is 3. The summed E-state index contributed by atoms with van der Waals surface area (Å²) in [6, 6.07) is 14.2. The van der Waals surface area contributed by atoms with Gasteiger partial charge in [0.25, 0.3) is 11.2 Å². The molecule has 4 aromatic rings. The van der Waals surface area contributed by atoms with E-state index < -0.39 is 22.5 Å². The van der Waals surface area contributed by atoms with Gasteiger partial charge in [-0.25, -0.2) is 9.79 Å². The van der Waals surface area contributed by atoms with E-state index in [4.69, 9.17) is 37.4 Å². The lowest BCUT2D eigenvalue weighted by Crippen LogP contribution is -2.40. The van der Waals surface area contributed by atoms with Crippen LogP contribution in [0.5, 0.6) is 11.5 Å². The van der Waals surface area contributed by atoms with E-state index in [2.05, 4.69) is 4.99 Å². The number of allylic oxidation sites excluding steroid dienone is 1. The number of ether oxygens (including phenoxy) is 3. The second kappa shape index (κ2) is 13.3. The van der Waals surface area contributed by atoms with Crippen LogP contribution in [0.1, 0.15) is 42.1 Å². The Balaban J connectivity index is 1.60. The molecule has 13 heteroatoms. The third kappa shape index (κ3) is 6.51. The molecule has 1 aliphatic rings. The van der Waals surface area contributed by atoms with E-state index in [9.17, 15) is 19.7 Å². The van der Waals surface area contributed by atoms with Crippen LogP contribution in [0.25, 0.3) is 6.08 Å². The van der Waals surface area contributed by atoms with Crippen LogP contribution in [-0.4, -0.2) is 29.2 Å². The molecule has 45 heavy (non-hydrogen) atoms. The number of nitrogens with zero attached hydrogens (tertiary/aromatic N) is 3. The van der Waals surface area contributed by atoms with Crippen molar-refractivity contribution in [2.45, 2.75) is 33.4 Å². The van der Waals surface area contributed by atoms with Crippen LogP contribution >= 0.6 is 34.5 Å². The zero-order valence-corrected chi connectivity index (χ0v) is 27.0. The van der Waals surface area contributed by atoms with Gasteiger partial charge in [0.1, 0.15) is 6.61 Å². The molecule has 0 saturated carbocycles. The second-order valence-corrected chi connectivity index (χ2v) is 11.9. The summed E-state index contributed by atoms with van der Waals surface area (Å²) in [5, 5.41) is 12.6. The zero-order chi connectivity index (χ0) is 32.4. The minimum Gasteiger partial charge on any atom is -0.493 e. The Morgan fingerprint density at radius 2 is 1.87 bits per heavy atom. The lowest BCUT2D eigenvalue weighted by atomic mass is 9.94. The lowest BCUT2D eigenvalue weighted by Gasteiger charge is -2.24. The predicted molar refractivity (Wildman–Crippen MR) is 172 cm³/mol. The van der Waals surface area contributed by atoms with E-state index in [-0.39, 0.29) is 29.5 Å².